The number of aromatic amines is 2. The molecule has 0 fully saturated rings. The van der Waals surface area contributed by atoms with Crippen LogP contribution in [-0.2, 0) is 0 Å². The fourth-order valence-electron chi connectivity index (χ4n) is 2.04. The molecule has 0 aliphatic rings. The summed E-state index contributed by atoms with van der Waals surface area (Å²) < 4.78 is 5.07. The van der Waals surface area contributed by atoms with Crippen LogP contribution in [0.25, 0.3) is 11.3 Å². The van der Waals surface area contributed by atoms with Gasteiger partial charge in [0.15, 0.2) is 5.69 Å². The van der Waals surface area contributed by atoms with Gasteiger partial charge >= 0.3 is 0 Å². The van der Waals surface area contributed by atoms with E-state index in [1.54, 1.807) is 43.5 Å². The van der Waals surface area contributed by atoms with Crippen molar-refractivity contribution >= 4 is 11.4 Å². The van der Waals surface area contributed by atoms with Crippen molar-refractivity contribution < 1.29 is 9.84 Å². The average molecular weight is 310 g/mol. The number of benzene rings is 2. The minimum Gasteiger partial charge on any atom is -0.508 e. The third-order valence-corrected chi connectivity index (χ3v) is 3.25. The van der Waals surface area contributed by atoms with Crippen LogP contribution in [-0.4, -0.2) is 22.4 Å². The van der Waals surface area contributed by atoms with Crippen LogP contribution in [0.2, 0.25) is 0 Å². The summed E-state index contributed by atoms with van der Waals surface area (Å²) in [6.45, 7) is 0. The number of aromatic nitrogens is 2. The van der Waals surface area contributed by atoms with Gasteiger partial charge in [-0.1, -0.05) is 0 Å². The lowest BCUT2D eigenvalue weighted by atomic mass is 10.1. The molecule has 7 nitrogen and oxygen atoms in total. The van der Waals surface area contributed by atoms with Gasteiger partial charge in [-0.05, 0) is 48.5 Å². The molecule has 3 rings (SSSR count). The van der Waals surface area contributed by atoms with Gasteiger partial charge in [0.25, 0.3) is 5.56 Å². The third-order valence-electron chi connectivity index (χ3n) is 3.25. The molecule has 0 aliphatic heterocycles. The second kappa shape index (κ2) is 6.18. The fourth-order valence-corrected chi connectivity index (χ4v) is 2.04. The Balaban J connectivity index is 1.93. The number of hydrogen-bond acceptors (Lipinski definition) is 5. The van der Waals surface area contributed by atoms with Gasteiger partial charge in [0.1, 0.15) is 11.5 Å². The van der Waals surface area contributed by atoms with E-state index < -0.39 is 0 Å². The number of azo groups is 1. The van der Waals surface area contributed by atoms with Crippen LogP contribution in [0.4, 0.5) is 11.4 Å². The quantitative estimate of drug-likeness (QED) is 0.642. The van der Waals surface area contributed by atoms with Gasteiger partial charge in [0.05, 0.1) is 18.5 Å². The zero-order valence-electron chi connectivity index (χ0n) is 12.3. The van der Waals surface area contributed by atoms with Crippen molar-refractivity contribution in [1.29, 1.82) is 0 Å². The molecule has 0 atom stereocenters. The Morgan fingerprint density at radius 2 is 1.65 bits per heavy atom. The molecule has 7 heteroatoms. The number of methoxy groups -OCH3 is 1. The minimum absolute atomic E-state index is 0.146. The van der Waals surface area contributed by atoms with E-state index in [1.165, 1.54) is 12.1 Å². The summed E-state index contributed by atoms with van der Waals surface area (Å²) >= 11 is 0. The second-order valence-corrected chi connectivity index (χ2v) is 4.75. The molecule has 23 heavy (non-hydrogen) atoms. The van der Waals surface area contributed by atoms with Crippen molar-refractivity contribution in [3.05, 3.63) is 58.9 Å². The van der Waals surface area contributed by atoms with Gasteiger partial charge < -0.3 is 9.84 Å². The second-order valence-electron chi connectivity index (χ2n) is 4.75. The molecule has 3 N–H and O–H groups in total. The maximum absolute atomic E-state index is 11.9. The van der Waals surface area contributed by atoms with Crippen LogP contribution in [0.5, 0.6) is 11.5 Å². The highest BCUT2D eigenvalue weighted by Crippen LogP contribution is 2.28. The van der Waals surface area contributed by atoms with Gasteiger partial charge in [-0.15, -0.1) is 5.11 Å². The van der Waals surface area contributed by atoms with E-state index in [-0.39, 0.29) is 17.0 Å². The summed E-state index contributed by atoms with van der Waals surface area (Å²) in [6, 6.07) is 13.4. The number of phenols is 1. The van der Waals surface area contributed by atoms with E-state index in [2.05, 4.69) is 20.4 Å². The van der Waals surface area contributed by atoms with Crippen molar-refractivity contribution in [3.8, 4) is 22.8 Å². The molecule has 3 aromatic rings. The van der Waals surface area contributed by atoms with Crippen molar-refractivity contribution in [2.24, 2.45) is 10.2 Å². The van der Waals surface area contributed by atoms with Crippen molar-refractivity contribution in [2.45, 2.75) is 0 Å². The standard InChI is InChI=1S/C16H14N4O3/c1-23-13-8-4-11(5-9-13)17-19-15-14(18-20-16(15)22)10-2-6-12(21)7-3-10/h2-9,21H,1H3,(H2,18,20,22). The molecule has 0 radical (unpaired) electrons. The first-order chi connectivity index (χ1) is 11.2. The average Bonchev–Trinajstić information content (AvgIpc) is 2.95. The molecule has 0 amide bonds. The summed E-state index contributed by atoms with van der Waals surface area (Å²) in [4.78, 5) is 11.9. The monoisotopic (exact) mass is 310 g/mol. The summed E-state index contributed by atoms with van der Waals surface area (Å²) in [5, 5.41) is 22.7. The van der Waals surface area contributed by atoms with Crippen molar-refractivity contribution in [2.75, 3.05) is 7.11 Å². The van der Waals surface area contributed by atoms with Gasteiger partial charge in [-0.3, -0.25) is 15.0 Å². The lowest BCUT2D eigenvalue weighted by molar-refractivity contribution is 0.415. The Morgan fingerprint density at radius 1 is 0.957 bits per heavy atom. The Bertz CT molecular complexity index is 877. The Hall–Kier alpha value is -3.35. The van der Waals surface area contributed by atoms with Crippen molar-refractivity contribution in [1.82, 2.24) is 10.2 Å². The van der Waals surface area contributed by atoms with Gasteiger partial charge in [0, 0.05) is 5.56 Å². The highest BCUT2D eigenvalue weighted by molar-refractivity contribution is 5.71. The molecule has 0 bridgehead atoms. The molecular weight excluding hydrogens is 296 g/mol. The van der Waals surface area contributed by atoms with Crippen LogP contribution in [0.3, 0.4) is 0 Å². The van der Waals surface area contributed by atoms with E-state index in [9.17, 15) is 9.90 Å². The van der Waals surface area contributed by atoms with E-state index in [0.29, 0.717) is 22.7 Å². The molecule has 2 aromatic carbocycles. The summed E-state index contributed by atoms with van der Waals surface area (Å²) in [6.07, 6.45) is 0. The number of ether oxygens (including phenoxy) is 1. The predicted octanol–water partition coefficient (Wildman–Crippen LogP) is 3.50. The number of hydrogen-bond donors (Lipinski definition) is 3. The number of nitrogens with zero attached hydrogens (tertiary/aromatic N) is 2. The molecule has 0 aliphatic carbocycles. The van der Waals surface area contributed by atoms with E-state index >= 15 is 0 Å². The minimum atomic E-state index is -0.370. The van der Waals surface area contributed by atoms with Crippen LogP contribution in [0.1, 0.15) is 0 Å². The molecule has 0 spiro atoms. The number of aromatic hydroxyl groups is 1. The van der Waals surface area contributed by atoms with Gasteiger partial charge in [-0.25, -0.2) is 0 Å². The number of rotatable bonds is 4. The summed E-state index contributed by atoms with van der Waals surface area (Å²) in [5.74, 6) is 0.862. The maximum Gasteiger partial charge on any atom is 0.292 e. The zero-order valence-corrected chi connectivity index (χ0v) is 12.3. The molecule has 116 valence electrons. The van der Waals surface area contributed by atoms with Gasteiger partial charge in [-0.2, -0.15) is 5.11 Å². The Morgan fingerprint density at radius 3 is 2.30 bits per heavy atom. The SMILES string of the molecule is COc1ccc(N=Nc2c(-c3ccc(O)cc3)[nH][nH]c2=O)cc1. The molecule has 1 heterocycles. The van der Waals surface area contributed by atoms with E-state index in [1.807, 2.05) is 0 Å². The first-order valence-corrected chi connectivity index (χ1v) is 6.83. The normalized spacial score (nSPS) is 11.0. The topological polar surface area (TPSA) is 103 Å². The zero-order chi connectivity index (χ0) is 16.2. The summed E-state index contributed by atoms with van der Waals surface area (Å²) in [5.41, 5.74) is 1.62. The molecule has 0 saturated carbocycles. The first kappa shape index (κ1) is 14.6. The lowest BCUT2D eigenvalue weighted by Crippen LogP contribution is -1.96. The Kier molecular flexibility index (Phi) is 3.92. The van der Waals surface area contributed by atoms with Crippen LogP contribution in [0, 0.1) is 0 Å². The lowest BCUT2D eigenvalue weighted by Gasteiger charge is -2.00. The third kappa shape index (κ3) is 3.13. The van der Waals surface area contributed by atoms with Gasteiger partial charge in [0.2, 0.25) is 0 Å². The molecule has 0 unspecified atom stereocenters. The first-order valence-electron chi connectivity index (χ1n) is 6.83. The van der Waals surface area contributed by atoms with Crippen LogP contribution in [0.15, 0.2) is 63.6 Å². The number of nitrogens with one attached hydrogen (secondary N) is 2. The van der Waals surface area contributed by atoms with Crippen molar-refractivity contribution in [3.63, 3.8) is 0 Å². The van der Waals surface area contributed by atoms with E-state index in [0.717, 1.165) is 0 Å². The fraction of sp³-hybridized carbons (Fsp3) is 0.0625. The number of phenolic OH excluding ortho intramolecular Hbond substituents is 1. The largest absolute Gasteiger partial charge is 0.508 e. The van der Waals surface area contributed by atoms with E-state index in [4.69, 9.17) is 4.74 Å². The molecule has 0 saturated heterocycles. The highest BCUT2D eigenvalue weighted by atomic mass is 16.5. The molecular formula is C16H14N4O3. The molecule has 1 aromatic heterocycles. The van der Waals surface area contributed by atoms with Crippen LogP contribution < -0.4 is 10.3 Å². The number of H-pyrrole nitrogens is 2. The maximum atomic E-state index is 11.9. The summed E-state index contributed by atoms with van der Waals surface area (Å²) in [7, 11) is 1.58. The van der Waals surface area contributed by atoms with Crippen LogP contribution >= 0.6 is 0 Å². The Labute approximate surface area is 131 Å². The highest BCUT2D eigenvalue weighted by Gasteiger charge is 2.11. The predicted molar refractivity (Wildman–Crippen MR) is 85.7 cm³/mol. The smallest absolute Gasteiger partial charge is 0.292 e.